The molecule has 15 N–H and O–H groups in total. The Hall–Kier alpha value is -6.31. The van der Waals surface area contributed by atoms with Crippen molar-refractivity contribution in [3.8, 4) is 5.75 Å². The third kappa shape index (κ3) is 33.2. The number of aliphatic hydroxyl groups excluding tert-OH is 3. The summed E-state index contributed by atoms with van der Waals surface area (Å²) in [7, 11) is 0. The van der Waals surface area contributed by atoms with Gasteiger partial charge in [-0.25, -0.2) is 0 Å². The minimum absolute atomic E-state index is 0.0158. The number of azide groups is 1. The highest BCUT2D eigenvalue weighted by Gasteiger charge is 2.45. The van der Waals surface area contributed by atoms with Crippen LogP contribution in [0.3, 0.4) is 0 Å². The number of hydrogen-bond acceptors (Lipinski definition) is 27. The number of nitrogens with one attached hydrogen (secondary N) is 7. The third-order valence-corrected chi connectivity index (χ3v) is 18.3. The number of aromatic amines is 1. The van der Waals surface area contributed by atoms with E-state index in [2.05, 4.69) is 46.9 Å². The van der Waals surface area contributed by atoms with E-state index in [1.54, 1.807) is 19.9 Å². The van der Waals surface area contributed by atoms with Gasteiger partial charge in [0.15, 0.2) is 6.04 Å². The quantitative estimate of drug-likeness (QED) is 0.00995. The summed E-state index contributed by atoms with van der Waals surface area (Å²) in [6, 6.07) is -4.86. The van der Waals surface area contributed by atoms with Gasteiger partial charge in [0, 0.05) is 76.1 Å². The second-order valence-corrected chi connectivity index (χ2v) is 25.9. The lowest BCUT2D eigenvalue weighted by Gasteiger charge is -2.32. The summed E-state index contributed by atoms with van der Waals surface area (Å²) in [6.07, 6.45) is -3.73. The monoisotopic (exact) mass is 1490 g/mol. The first-order valence-electron chi connectivity index (χ1n) is 33.9. The molecular weight excluding hydrogens is 1390 g/mol. The summed E-state index contributed by atoms with van der Waals surface area (Å²) in [6.45, 7) is 11.1. The molecule has 1 aromatic carbocycles. The minimum atomic E-state index is -2.33. The summed E-state index contributed by atoms with van der Waals surface area (Å²) >= 11 is -0.928. The van der Waals surface area contributed by atoms with E-state index in [0.717, 1.165) is 4.90 Å². The second-order valence-electron chi connectivity index (χ2n) is 23.4. The molecule has 4 rings (SSSR count). The molecule has 0 saturated carbocycles. The zero-order valence-corrected chi connectivity index (χ0v) is 59.9. The molecule has 2 aromatic rings. The molecule has 8 amide bonds. The number of phenols is 1. The number of aromatic nitrogens is 1. The number of carbonyl (C=O) groups excluding carboxylic acids is 8. The Labute approximate surface area is 599 Å². The van der Waals surface area contributed by atoms with Gasteiger partial charge >= 0.3 is 0 Å². The zero-order valence-electron chi connectivity index (χ0n) is 58.3. The zero-order chi connectivity index (χ0) is 74.4. The SMILES string of the molecule is CCC(C)C(NC(=O)CN)C(=O)NCC(=O)N[C@H]1C[S+]([O-])c2[nH]c3c(CSCCOCCOCCOCCOCCOCCOCCOCCOCCOCCOCCOCCN=[N+]=[N-])c(O)ccc3c2CCNC(=O)C(C(C)[C@@H](O)CO)NC(=O)C2C[C@@H](O)CN2C(=O)C(CC(N)=O)NC1=O. The lowest BCUT2D eigenvalue weighted by Crippen LogP contribution is -2.61. The van der Waals surface area contributed by atoms with Crippen molar-refractivity contribution >= 4 is 81.1 Å². The molecule has 3 heterocycles. The van der Waals surface area contributed by atoms with Gasteiger partial charge in [-0.15, -0.1) is 0 Å². The molecule has 1 saturated heterocycles. The highest BCUT2D eigenvalue weighted by atomic mass is 32.2. The van der Waals surface area contributed by atoms with Gasteiger partial charge in [0.2, 0.25) is 52.3 Å². The fraction of sp³-hybridized carbons (Fsp3) is 0.746. The number of carbonyl (C=O) groups is 8. The number of aliphatic hydroxyl groups is 3. The van der Waals surface area contributed by atoms with Crippen LogP contribution in [0.2, 0.25) is 0 Å². The number of hydrogen-bond donors (Lipinski definition) is 13. The predicted octanol–water partition coefficient (Wildman–Crippen LogP) is -3.73. The summed E-state index contributed by atoms with van der Waals surface area (Å²) in [5.41, 5.74) is 20.3. The number of primary amides is 1. The summed E-state index contributed by atoms with van der Waals surface area (Å²) < 4.78 is 75.7. The number of ether oxygens (including phenoxy) is 11. The third-order valence-electron chi connectivity index (χ3n) is 15.9. The fourth-order valence-electron chi connectivity index (χ4n) is 10.2. The van der Waals surface area contributed by atoms with Crippen LogP contribution in [0.25, 0.3) is 21.3 Å². The number of fused-ring (bicyclic) bond motifs is 4. The maximum Gasteiger partial charge on any atom is 0.248 e. The van der Waals surface area contributed by atoms with Crippen molar-refractivity contribution in [2.75, 3.05) is 196 Å². The fourth-order valence-corrected chi connectivity index (χ4v) is 12.5. The van der Waals surface area contributed by atoms with Crippen LogP contribution in [0, 0.1) is 11.8 Å². The van der Waals surface area contributed by atoms with E-state index in [9.17, 15) is 58.8 Å². The average Bonchev–Trinajstić information content (AvgIpc) is 1.62. The van der Waals surface area contributed by atoms with Crippen LogP contribution in [0.4, 0.5) is 0 Å². The van der Waals surface area contributed by atoms with E-state index in [1.165, 1.54) is 24.8 Å². The van der Waals surface area contributed by atoms with Crippen LogP contribution < -0.4 is 43.4 Å². The molecule has 102 heavy (non-hydrogen) atoms. The van der Waals surface area contributed by atoms with Gasteiger partial charge in [-0.2, -0.15) is 11.8 Å². The van der Waals surface area contributed by atoms with Gasteiger partial charge in [0.05, 0.1) is 189 Å². The van der Waals surface area contributed by atoms with E-state index in [4.69, 9.17) is 69.1 Å². The maximum atomic E-state index is 15.0. The number of nitrogens with two attached hydrogens (primary N) is 2. The number of amides is 8. The van der Waals surface area contributed by atoms with Gasteiger partial charge in [-0.1, -0.05) is 32.3 Å². The van der Waals surface area contributed by atoms with E-state index in [-0.39, 0.29) is 42.5 Å². The summed E-state index contributed by atoms with van der Waals surface area (Å²) in [5.74, 6) is -9.32. The second kappa shape index (κ2) is 51.8. The molecule has 0 bridgehead atoms. The molecule has 1 aromatic heterocycles. The van der Waals surface area contributed by atoms with Crippen molar-refractivity contribution in [3.63, 3.8) is 0 Å². The number of thioether (sulfide) groups is 1. The number of benzene rings is 1. The molecule has 0 spiro atoms. The van der Waals surface area contributed by atoms with Crippen molar-refractivity contribution in [1.82, 2.24) is 41.8 Å². The summed E-state index contributed by atoms with van der Waals surface area (Å²) in [4.78, 5) is 116. The topological polar surface area (TPSA) is 534 Å². The van der Waals surface area contributed by atoms with Gasteiger partial charge in [0.25, 0.3) is 0 Å². The summed E-state index contributed by atoms with van der Waals surface area (Å²) in [5, 5.41) is 61.7. The standard InChI is InChI=1S/C63H105N13O24S2/c1-4-41(2)55(72-53(82)35-64)60(86)68-36-54(83)70-48-40-102(89)62-45(7-8-67-61(87)56(42(3)51(80)38-77)73-59(85)49-33-43(78)37-76(49)63(88)47(34-52(65)81)71-58(48)84)44-5-6-50(79)46(57(44)74-62)39-101-32-31-100-30-29-99-28-27-98-26-25-97-24-23-96-22-21-95-20-19-94-18-17-93-16-15-92-14-13-91-12-11-90-10-9-69-75-66/h5-6,41-43,47-49,51,55-56,74,77-80H,4,7-40,64H2,1-3H3,(H2,65,81)(H,67,87)(H,68,86)(H,70,83)(H,71,84)(H,72,82)(H,73,85)/t41?,42?,43-,47?,48+,49?,51+,55?,56?,102?/m1/s1. The highest BCUT2D eigenvalue weighted by molar-refractivity contribution is 7.98. The molecule has 0 radical (unpaired) electrons. The van der Waals surface area contributed by atoms with Crippen LogP contribution in [0.15, 0.2) is 22.3 Å². The first-order chi connectivity index (χ1) is 49.3. The van der Waals surface area contributed by atoms with Crippen molar-refractivity contribution in [3.05, 3.63) is 33.7 Å². The van der Waals surface area contributed by atoms with Gasteiger partial charge in [-0.05, 0) is 30.0 Å². The Morgan fingerprint density at radius 1 is 0.784 bits per heavy atom. The van der Waals surface area contributed by atoms with Crippen LogP contribution in [-0.2, 0) is 114 Å². The highest BCUT2D eigenvalue weighted by Crippen LogP contribution is 2.36. The van der Waals surface area contributed by atoms with E-state index < -0.39 is 151 Å². The van der Waals surface area contributed by atoms with Crippen LogP contribution >= 0.6 is 11.8 Å². The normalized spacial score (nSPS) is 19.6. The maximum absolute atomic E-state index is 15.0. The Bertz CT molecular complexity index is 2890. The largest absolute Gasteiger partial charge is 0.610 e. The van der Waals surface area contributed by atoms with Gasteiger partial charge < -0.3 is 130 Å². The van der Waals surface area contributed by atoms with Crippen molar-refractivity contribution in [1.29, 1.82) is 0 Å². The first-order valence-corrected chi connectivity index (χ1v) is 36.4. The van der Waals surface area contributed by atoms with Crippen molar-refractivity contribution in [2.24, 2.45) is 28.4 Å². The molecule has 2 aliphatic heterocycles. The van der Waals surface area contributed by atoms with E-state index >= 15 is 4.55 Å². The number of aromatic hydroxyl groups is 1. The lowest BCUT2D eigenvalue weighted by molar-refractivity contribution is -0.143. The minimum Gasteiger partial charge on any atom is -0.610 e. The molecule has 0 aliphatic carbocycles. The molecular formula is C63H105N13O24S2. The van der Waals surface area contributed by atoms with Crippen LogP contribution in [0.1, 0.15) is 51.2 Å². The number of phenolic OH excluding ortho intramolecular Hbond substituents is 1. The number of nitrogens with zero attached hydrogens (tertiary/aromatic N) is 4. The first kappa shape index (κ1) is 88.1. The molecule has 578 valence electrons. The van der Waals surface area contributed by atoms with E-state index in [1.807, 2.05) is 0 Å². The molecule has 10 atom stereocenters. The number of rotatable bonds is 51. The van der Waals surface area contributed by atoms with Crippen LogP contribution in [0.5, 0.6) is 5.75 Å². The predicted molar refractivity (Wildman–Crippen MR) is 369 cm³/mol. The van der Waals surface area contributed by atoms with Gasteiger partial charge in [0.1, 0.15) is 35.7 Å². The molecule has 37 nitrogen and oxygen atoms in total. The van der Waals surface area contributed by atoms with Crippen molar-refractivity contribution < 1.29 is 115 Å². The average molecular weight is 1490 g/mol. The molecule has 7 unspecified atom stereocenters. The molecule has 1 fully saturated rings. The Balaban J connectivity index is 1.27. The van der Waals surface area contributed by atoms with Gasteiger partial charge in [-0.3, -0.25) is 38.4 Å². The molecule has 2 aliphatic rings. The molecule has 39 heteroatoms. The lowest BCUT2D eigenvalue weighted by atomic mass is 9.94. The van der Waals surface area contributed by atoms with Crippen LogP contribution in [-0.4, -0.2) is 321 Å². The smallest absolute Gasteiger partial charge is 0.248 e. The van der Waals surface area contributed by atoms with E-state index in [0.29, 0.717) is 179 Å². The number of H-pyrrole nitrogens is 1. The Morgan fingerprint density at radius 2 is 1.31 bits per heavy atom. The van der Waals surface area contributed by atoms with Crippen molar-refractivity contribution in [2.45, 2.75) is 99.7 Å². The Kier molecular flexibility index (Phi) is 44.7. The Morgan fingerprint density at radius 3 is 1.81 bits per heavy atom.